The zero-order valence-electron chi connectivity index (χ0n) is 16.0. The fraction of sp³-hybridized carbons (Fsp3) is 0.318. The largest absolute Gasteiger partial charge is 0.342 e. The molecule has 5 nitrogen and oxygen atoms in total. The standard InChI is InChI=1S/C22H22FN3O2/c1-14-9-19-20(10-15(14)2)26(13-24-19)22(28)17-11-21(27)25(12-17)8-7-16-3-5-18(23)6-4-16/h3-6,9-10,13,17H,7-8,11-12H2,1-2H3. The summed E-state index contributed by atoms with van der Waals surface area (Å²) in [5.74, 6) is -0.760. The number of imidazole rings is 1. The summed E-state index contributed by atoms with van der Waals surface area (Å²) in [6.07, 6.45) is 2.41. The second-order valence-electron chi connectivity index (χ2n) is 7.50. The van der Waals surface area contributed by atoms with Gasteiger partial charge in [-0.15, -0.1) is 0 Å². The van der Waals surface area contributed by atoms with Gasteiger partial charge in [-0.05, 0) is 61.2 Å². The number of aromatic nitrogens is 2. The normalized spacial score (nSPS) is 16.9. The van der Waals surface area contributed by atoms with Crippen LogP contribution in [0.1, 0.15) is 27.9 Å². The molecule has 144 valence electrons. The van der Waals surface area contributed by atoms with Gasteiger partial charge >= 0.3 is 0 Å². The Hall–Kier alpha value is -3.02. The van der Waals surface area contributed by atoms with Crippen molar-refractivity contribution in [2.24, 2.45) is 5.92 Å². The van der Waals surface area contributed by atoms with E-state index in [0.717, 1.165) is 27.7 Å². The molecule has 0 aliphatic carbocycles. The minimum Gasteiger partial charge on any atom is -0.342 e. The number of hydrogen-bond acceptors (Lipinski definition) is 3. The SMILES string of the molecule is Cc1cc2ncn(C(=O)C3CC(=O)N(CCc4ccc(F)cc4)C3)c2cc1C. The van der Waals surface area contributed by atoms with Gasteiger partial charge in [-0.25, -0.2) is 9.37 Å². The summed E-state index contributed by atoms with van der Waals surface area (Å²) in [6.45, 7) is 4.96. The van der Waals surface area contributed by atoms with Gasteiger partial charge in [0.2, 0.25) is 11.8 Å². The van der Waals surface area contributed by atoms with Gasteiger partial charge in [0.15, 0.2) is 0 Å². The van der Waals surface area contributed by atoms with Gasteiger partial charge in [0.25, 0.3) is 0 Å². The number of halogens is 1. The van der Waals surface area contributed by atoms with E-state index < -0.39 is 0 Å². The minimum atomic E-state index is -0.375. The second-order valence-corrected chi connectivity index (χ2v) is 7.50. The number of amides is 1. The maximum atomic E-state index is 13.0. The lowest BCUT2D eigenvalue weighted by atomic mass is 10.1. The van der Waals surface area contributed by atoms with Gasteiger partial charge in [-0.1, -0.05) is 12.1 Å². The van der Waals surface area contributed by atoms with Gasteiger partial charge < -0.3 is 4.90 Å². The Morgan fingerprint density at radius 2 is 1.89 bits per heavy atom. The van der Waals surface area contributed by atoms with Gasteiger partial charge in [-0.3, -0.25) is 14.2 Å². The lowest BCUT2D eigenvalue weighted by Crippen LogP contribution is -2.29. The molecule has 1 amide bonds. The van der Waals surface area contributed by atoms with Crippen LogP contribution in [-0.2, 0) is 11.2 Å². The summed E-state index contributed by atoms with van der Waals surface area (Å²) in [6, 6.07) is 10.2. The number of likely N-dealkylation sites (tertiary alicyclic amines) is 1. The summed E-state index contributed by atoms with van der Waals surface area (Å²) >= 11 is 0. The Bertz CT molecular complexity index is 1060. The average Bonchev–Trinajstić information content (AvgIpc) is 3.24. The van der Waals surface area contributed by atoms with Crippen molar-refractivity contribution in [3.8, 4) is 0 Å². The van der Waals surface area contributed by atoms with Crippen LogP contribution in [0, 0.1) is 25.6 Å². The molecule has 0 N–H and O–H groups in total. The highest BCUT2D eigenvalue weighted by molar-refractivity contribution is 5.95. The van der Waals surface area contributed by atoms with E-state index in [1.807, 2.05) is 26.0 Å². The molecule has 1 atom stereocenters. The lowest BCUT2D eigenvalue weighted by Gasteiger charge is -2.16. The lowest BCUT2D eigenvalue weighted by molar-refractivity contribution is -0.127. The molecule has 1 aliphatic heterocycles. The Labute approximate surface area is 162 Å². The number of nitrogens with zero attached hydrogens (tertiary/aromatic N) is 3. The van der Waals surface area contributed by atoms with E-state index in [9.17, 15) is 14.0 Å². The van der Waals surface area contributed by atoms with Gasteiger partial charge in [-0.2, -0.15) is 0 Å². The highest BCUT2D eigenvalue weighted by Gasteiger charge is 2.35. The van der Waals surface area contributed by atoms with Crippen LogP contribution >= 0.6 is 0 Å². The number of hydrogen-bond donors (Lipinski definition) is 0. The fourth-order valence-corrected chi connectivity index (χ4v) is 3.71. The van der Waals surface area contributed by atoms with Gasteiger partial charge in [0, 0.05) is 19.5 Å². The van der Waals surface area contributed by atoms with Crippen molar-refractivity contribution in [3.05, 3.63) is 65.2 Å². The third-order valence-corrected chi connectivity index (χ3v) is 5.55. The van der Waals surface area contributed by atoms with Crippen molar-refractivity contribution in [1.82, 2.24) is 14.5 Å². The van der Waals surface area contributed by atoms with E-state index in [-0.39, 0.29) is 30.0 Å². The summed E-state index contributed by atoms with van der Waals surface area (Å²) < 4.78 is 14.6. The van der Waals surface area contributed by atoms with Gasteiger partial charge in [0.1, 0.15) is 12.1 Å². The number of fused-ring (bicyclic) bond motifs is 1. The molecule has 1 saturated heterocycles. The first kappa shape index (κ1) is 18.3. The van der Waals surface area contributed by atoms with E-state index in [4.69, 9.17) is 0 Å². The van der Waals surface area contributed by atoms with Crippen LogP contribution in [0.5, 0.6) is 0 Å². The van der Waals surface area contributed by atoms with Crippen molar-refractivity contribution in [1.29, 1.82) is 0 Å². The molecule has 1 aromatic heterocycles. The summed E-state index contributed by atoms with van der Waals surface area (Å²) in [5.41, 5.74) is 4.77. The molecule has 1 fully saturated rings. The number of rotatable bonds is 4. The van der Waals surface area contributed by atoms with E-state index >= 15 is 0 Å². The quantitative estimate of drug-likeness (QED) is 0.697. The van der Waals surface area contributed by atoms with Crippen LogP contribution in [0.4, 0.5) is 4.39 Å². The molecule has 0 spiro atoms. The summed E-state index contributed by atoms with van der Waals surface area (Å²) in [4.78, 5) is 31.5. The van der Waals surface area contributed by atoms with E-state index in [1.165, 1.54) is 12.1 Å². The molecule has 0 saturated carbocycles. The van der Waals surface area contributed by atoms with Crippen LogP contribution in [0.3, 0.4) is 0 Å². The minimum absolute atomic E-state index is 0.0168. The van der Waals surface area contributed by atoms with Crippen LogP contribution in [0.15, 0.2) is 42.7 Å². The van der Waals surface area contributed by atoms with Gasteiger partial charge in [0.05, 0.1) is 17.0 Å². The topological polar surface area (TPSA) is 55.2 Å². The van der Waals surface area contributed by atoms with Crippen LogP contribution < -0.4 is 0 Å². The Kier molecular flexibility index (Phi) is 4.71. The fourth-order valence-electron chi connectivity index (χ4n) is 3.71. The van der Waals surface area contributed by atoms with E-state index in [1.54, 1.807) is 27.9 Å². The molecule has 2 heterocycles. The van der Waals surface area contributed by atoms with Crippen LogP contribution in [0.25, 0.3) is 11.0 Å². The third-order valence-electron chi connectivity index (χ3n) is 5.55. The predicted molar refractivity (Wildman–Crippen MR) is 105 cm³/mol. The van der Waals surface area contributed by atoms with Crippen LogP contribution in [0.2, 0.25) is 0 Å². The summed E-state index contributed by atoms with van der Waals surface area (Å²) in [7, 11) is 0. The molecule has 2 aromatic carbocycles. The highest BCUT2D eigenvalue weighted by atomic mass is 19.1. The first-order valence-electron chi connectivity index (χ1n) is 9.43. The average molecular weight is 379 g/mol. The third kappa shape index (κ3) is 3.42. The molecular weight excluding hydrogens is 357 g/mol. The number of carbonyl (C=O) groups excluding carboxylic acids is 2. The Morgan fingerprint density at radius 1 is 1.18 bits per heavy atom. The zero-order chi connectivity index (χ0) is 19.8. The molecule has 0 bridgehead atoms. The van der Waals surface area contributed by atoms with Crippen molar-refractivity contribution in [3.63, 3.8) is 0 Å². The molecule has 1 aliphatic rings. The molecule has 0 radical (unpaired) electrons. The molecule has 6 heteroatoms. The van der Waals surface area contributed by atoms with Crippen molar-refractivity contribution < 1.29 is 14.0 Å². The van der Waals surface area contributed by atoms with Crippen LogP contribution in [-0.4, -0.2) is 39.4 Å². The molecule has 4 rings (SSSR count). The monoisotopic (exact) mass is 379 g/mol. The smallest absolute Gasteiger partial charge is 0.237 e. The van der Waals surface area contributed by atoms with Crippen molar-refractivity contribution in [2.75, 3.05) is 13.1 Å². The van der Waals surface area contributed by atoms with Crippen molar-refractivity contribution >= 4 is 22.8 Å². The Morgan fingerprint density at radius 3 is 2.64 bits per heavy atom. The number of aryl methyl sites for hydroxylation is 2. The molecule has 3 aromatic rings. The maximum absolute atomic E-state index is 13.0. The molecule has 1 unspecified atom stereocenters. The first-order valence-corrected chi connectivity index (χ1v) is 9.43. The maximum Gasteiger partial charge on any atom is 0.237 e. The van der Waals surface area contributed by atoms with E-state index in [0.29, 0.717) is 19.5 Å². The first-order chi connectivity index (χ1) is 13.4. The zero-order valence-corrected chi connectivity index (χ0v) is 16.0. The number of benzene rings is 2. The van der Waals surface area contributed by atoms with Crippen molar-refractivity contribution in [2.45, 2.75) is 26.7 Å². The Balaban J connectivity index is 1.47. The molecule has 28 heavy (non-hydrogen) atoms. The number of carbonyl (C=O) groups is 2. The molecular formula is C22H22FN3O2. The van der Waals surface area contributed by atoms with E-state index in [2.05, 4.69) is 4.98 Å². The summed E-state index contributed by atoms with van der Waals surface area (Å²) in [5, 5.41) is 0. The predicted octanol–water partition coefficient (Wildman–Crippen LogP) is 3.52. The highest BCUT2D eigenvalue weighted by Crippen LogP contribution is 2.24. The second kappa shape index (κ2) is 7.19.